The first-order valence-corrected chi connectivity index (χ1v) is 14.0. The van der Waals surface area contributed by atoms with Crippen LogP contribution in [0.15, 0.2) is 89.9 Å². The molecular formula is C33H34N2O2S. The Kier molecular flexibility index (Phi) is 7.75. The van der Waals surface area contributed by atoms with Crippen LogP contribution in [-0.4, -0.2) is 12.1 Å². The van der Waals surface area contributed by atoms with Crippen LogP contribution in [0.4, 0.5) is 10.7 Å². The van der Waals surface area contributed by atoms with E-state index < -0.39 is 0 Å². The molecule has 4 nitrogen and oxygen atoms in total. The van der Waals surface area contributed by atoms with Gasteiger partial charge < -0.3 is 10.1 Å². The molecule has 0 radical (unpaired) electrons. The third-order valence-corrected chi connectivity index (χ3v) is 8.35. The molecule has 0 saturated heterocycles. The molecule has 1 amide bonds. The highest BCUT2D eigenvalue weighted by molar-refractivity contribution is 7.16. The van der Waals surface area contributed by atoms with Crippen molar-refractivity contribution < 1.29 is 9.53 Å². The number of fused-ring (bicyclic) bond motifs is 1. The maximum atomic E-state index is 13.5. The van der Waals surface area contributed by atoms with Crippen molar-refractivity contribution in [3.63, 3.8) is 0 Å². The van der Waals surface area contributed by atoms with Gasteiger partial charge in [-0.15, -0.1) is 11.3 Å². The maximum Gasteiger partial charge on any atom is 0.259 e. The molecule has 1 atom stereocenters. The van der Waals surface area contributed by atoms with Crippen LogP contribution in [0.3, 0.4) is 0 Å². The van der Waals surface area contributed by atoms with Gasteiger partial charge in [0.1, 0.15) is 17.4 Å². The van der Waals surface area contributed by atoms with E-state index in [0.717, 1.165) is 52.4 Å². The molecule has 0 saturated carbocycles. The van der Waals surface area contributed by atoms with Crippen molar-refractivity contribution in [3.8, 4) is 5.75 Å². The molecule has 1 aliphatic rings. The normalized spacial score (nSPS) is 15.3. The minimum atomic E-state index is -0.0836. The number of aliphatic imine (C=N–C) groups is 1. The van der Waals surface area contributed by atoms with Gasteiger partial charge in [-0.2, -0.15) is 0 Å². The number of nitrogens with zero attached hydrogens (tertiary/aromatic N) is 1. The fourth-order valence-corrected chi connectivity index (χ4v) is 6.14. The van der Waals surface area contributed by atoms with Crippen LogP contribution in [-0.2, 0) is 19.4 Å². The van der Waals surface area contributed by atoms with E-state index in [9.17, 15) is 4.79 Å². The minimum absolute atomic E-state index is 0.0836. The Morgan fingerprint density at radius 1 is 1.00 bits per heavy atom. The molecule has 0 bridgehead atoms. The number of hydrogen-bond donors (Lipinski definition) is 1. The van der Waals surface area contributed by atoms with E-state index in [0.29, 0.717) is 12.5 Å². The van der Waals surface area contributed by atoms with Crippen molar-refractivity contribution in [1.82, 2.24) is 0 Å². The second-order valence-electron chi connectivity index (χ2n) is 10.9. The summed E-state index contributed by atoms with van der Waals surface area (Å²) in [5.74, 6) is 1.33. The number of carbonyl (C=O) groups excluding carboxylic acids is 1. The molecule has 5 heteroatoms. The standard InChI is InChI=1S/C33H34N2O2S/c1-33(2,3)25-16-19-28-29(20-25)38-32(30(28)31(36)35-26-12-8-5-9-13-26)34-21-23-14-17-27(18-15-23)37-22-24-10-6-4-7-11-24/h4-15,17-18,21,25H,16,19-20,22H2,1-3H3,(H,35,36)/t25-/m1/s1. The molecule has 4 aromatic rings. The van der Waals surface area contributed by atoms with Gasteiger partial charge in [-0.25, -0.2) is 4.99 Å². The number of carbonyl (C=O) groups is 1. The Labute approximate surface area is 229 Å². The number of anilines is 1. The van der Waals surface area contributed by atoms with E-state index in [-0.39, 0.29) is 11.3 Å². The first kappa shape index (κ1) is 25.9. The van der Waals surface area contributed by atoms with E-state index in [4.69, 9.17) is 9.73 Å². The fraction of sp³-hybridized carbons (Fsp3) is 0.273. The summed E-state index contributed by atoms with van der Waals surface area (Å²) in [5, 5.41) is 3.87. The lowest BCUT2D eigenvalue weighted by Gasteiger charge is -2.33. The monoisotopic (exact) mass is 522 g/mol. The summed E-state index contributed by atoms with van der Waals surface area (Å²) in [6.07, 6.45) is 4.84. The van der Waals surface area contributed by atoms with Crippen LogP contribution in [0.5, 0.6) is 5.75 Å². The summed E-state index contributed by atoms with van der Waals surface area (Å²) in [5.41, 5.74) is 5.02. The highest BCUT2D eigenvalue weighted by Gasteiger charge is 2.33. The zero-order chi connectivity index (χ0) is 26.5. The Balaban J connectivity index is 1.37. The van der Waals surface area contributed by atoms with Crippen LogP contribution in [0.2, 0.25) is 0 Å². The average molecular weight is 523 g/mol. The second-order valence-corrected chi connectivity index (χ2v) is 12.0. The summed E-state index contributed by atoms with van der Waals surface area (Å²) in [6, 6.07) is 27.7. The topological polar surface area (TPSA) is 50.7 Å². The van der Waals surface area contributed by atoms with Gasteiger partial charge in [-0.3, -0.25) is 4.79 Å². The summed E-state index contributed by atoms with van der Waals surface area (Å²) in [7, 11) is 0. The van der Waals surface area contributed by atoms with Gasteiger partial charge in [0.05, 0.1) is 5.56 Å². The number of amides is 1. The predicted molar refractivity (Wildman–Crippen MR) is 158 cm³/mol. The molecule has 3 aromatic carbocycles. The van der Waals surface area contributed by atoms with E-state index in [2.05, 4.69) is 38.2 Å². The van der Waals surface area contributed by atoms with Gasteiger partial charge in [-0.05, 0) is 83.7 Å². The van der Waals surface area contributed by atoms with Crippen molar-refractivity contribution in [2.45, 2.75) is 46.6 Å². The molecule has 5 rings (SSSR count). The minimum Gasteiger partial charge on any atom is -0.489 e. The Hall–Kier alpha value is -3.70. The molecule has 38 heavy (non-hydrogen) atoms. The van der Waals surface area contributed by atoms with E-state index >= 15 is 0 Å². The van der Waals surface area contributed by atoms with Crippen LogP contribution in [0.25, 0.3) is 0 Å². The molecule has 1 aromatic heterocycles. The maximum absolute atomic E-state index is 13.5. The van der Waals surface area contributed by atoms with Gasteiger partial charge in [0.15, 0.2) is 0 Å². The van der Waals surface area contributed by atoms with Gasteiger partial charge >= 0.3 is 0 Å². The number of ether oxygens (including phenoxy) is 1. The molecule has 0 spiro atoms. The SMILES string of the molecule is CC(C)(C)[C@@H]1CCc2c(sc(N=Cc3ccc(OCc4ccccc4)cc3)c2C(=O)Nc2ccccc2)C1. The van der Waals surface area contributed by atoms with Crippen LogP contribution < -0.4 is 10.1 Å². The number of para-hydroxylation sites is 1. The molecule has 1 N–H and O–H groups in total. The number of rotatable bonds is 7. The van der Waals surface area contributed by atoms with Crippen molar-refractivity contribution >= 4 is 34.1 Å². The van der Waals surface area contributed by atoms with Crippen molar-refractivity contribution in [3.05, 3.63) is 112 Å². The lowest BCUT2D eigenvalue weighted by atomic mass is 9.72. The lowest BCUT2D eigenvalue weighted by Crippen LogP contribution is -2.27. The quantitative estimate of drug-likeness (QED) is 0.247. The van der Waals surface area contributed by atoms with Gasteiger partial charge in [0.25, 0.3) is 5.91 Å². The average Bonchev–Trinajstić information content (AvgIpc) is 3.30. The summed E-state index contributed by atoms with van der Waals surface area (Å²) < 4.78 is 5.91. The largest absolute Gasteiger partial charge is 0.489 e. The Morgan fingerprint density at radius 3 is 2.37 bits per heavy atom. The Morgan fingerprint density at radius 2 is 1.68 bits per heavy atom. The molecule has 194 valence electrons. The number of thiophene rings is 1. The highest BCUT2D eigenvalue weighted by Crippen LogP contribution is 2.45. The third kappa shape index (κ3) is 6.22. The van der Waals surface area contributed by atoms with Crippen LogP contribution in [0, 0.1) is 11.3 Å². The predicted octanol–water partition coefficient (Wildman–Crippen LogP) is 8.48. The first-order chi connectivity index (χ1) is 18.4. The van der Waals surface area contributed by atoms with Crippen molar-refractivity contribution in [2.75, 3.05) is 5.32 Å². The number of benzene rings is 3. The molecule has 0 aliphatic heterocycles. The van der Waals surface area contributed by atoms with Crippen LogP contribution in [0.1, 0.15) is 59.1 Å². The number of hydrogen-bond acceptors (Lipinski definition) is 4. The zero-order valence-electron chi connectivity index (χ0n) is 22.2. The number of nitrogens with one attached hydrogen (secondary N) is 1. The lowest BCUT2D eigenvalue weighted by molar-refractivity contribution is 0.102. The Bertz CT molecular complexity index is 1400. The first-order valence-electron chi connectivity index (χ1n) is 13.2. The zero-order valence-corrected chi connectivity index (χ0v) is 23.1. The molecule has 1 heterocycles. The summed E-state index contributed by atoms with van der Waals surface area (Å²) in [6.45, 7) is 7.47. The fourth-order valence-electron chi connectivity index (χ4n) is 4.88. The van der Waals surface area contributed by atoms with Gasteiger partial charge in [-0.1, -0.05) is 69.3 Å². The van der Waals surface area contributed by atoms with E-state index in [1.54, 1.807) is 11.3 Å². The highest BCUT2D eigenvalue weighted by atomic mass is 32.1. The third-order valence-electron chi connectivity index (χ3n) is 7.19. The van der Waals surface area contributed by atoms with Crippen molar-refractivity contribution in [1.29, 1.82) is 0 Å². The van der Waals surface area contributed by atoms with Crippen molar-refractivity contribution in [2.24, 2.45) is 16.3 Å². The molecule has 0 fully saturated rings. The summed E-state index contributed by atoms with van der Waals surface area (Å²) in [4.78, 5) is 19.6. The van der Waals surface area contributed by atoms with Crippen LogP contribution >= 0.6 is 11.3 Å². The molecule has 1 aliphatic carbocycles. The summed E-state index contributed by atoms with van der Waals surface area (Å²) >= 11 is 1.67. The van der Waals surface area contributed by atoms with Gasteiger partial charge in [0, 0.05) is 16.8 Å². The smallest absolute Gasteiger partial charge is 0.259 e. The van der Waals surface area contributed by atoms with E-state index in [1.807, 2.05) is 79.0 Å². The second kappa shape index (κ2) is 11.4. The van der Waals surface area contributed by atoms with E-state index in [1.165, 1.54) is 10.4 Å². The molecule has 0 unspecified atom stereocenters. The van der Waals surface area contributed by atoms with Gasteiger partial charge in [0.2, 0.25) is 0 Å². The molecular weight excluding hydrogens is 488 g/mol.